The van der Waals surface area contributed by atoms with Gasteiger partial charge in [0.2, 0.25) is 5.91 Å². The third kappa shape index (κ3) is 3.77. The zero-order valence-electron chi connectivity index (χ0n) is 9.32. The van der Waals surface area contributed by atoms with E-state index in [-0.39, 0.29) is 25.0 Å². The van der Waals surface area contributed by atoms with Crippen molar-refractivity contribution in [1.29, 1.82) is 0 Å². The first-order chi connectivity index (χ1) is 7.15. The number of carbonyl (C=O) groups is 1. The summed E-state index contributed by atoms with van der Waals surface area (Å²) in [6.45, 7) is 4.18. The van der Waals surface area contributed by atoms with Gasteiger partial charge in [-0.2, -0.15) is 0 Å². The molecule has 3 atom stereocenters. The molecule has 1 amide bonds. The zero-order chi connectivity index (χ0) is 11.3. The summed E-state index contributed by atoms with van der Waals surface area (Å²) in [5.41, 5.74) is 0. The fourth-order valence-electron chi connectivity index (χ4n) is 1.76. The molecule has 1 heterocycles. The fourth-order valence-corrected chi connectivity index (χ4v) is 1.76. The van der Waals surface area contributed by atoms with Crippen molar-refractivity contribution >= 4 is 5.91 Å². The van der Waals surface area contributed by atoms with Crippen LogP contribution in [0.5, 0.6) is 0 Å². The Morgan fingerprint density at radius 1 is 1.67 bits per heavy atom. The minimum Gasteiger partial charge on any atom is -0.389 e. The van der Waals surface area contributed by atoms with Gasteiger partial charge in [0.15, 0.2) is 0 Å². The highest BCUT2D eigenvalue weighted by atomic mass is 16.5. The third-order valence-corrected chi connectivity index (χ3v) is 2.73. The highest BCUT2D eigenvalue weighted by Gasteiger charge is 2.29. The molecule has 3 N–H and O–H groups in total. The lowest BCUT2D eigenvalue weighted by molar-refractivity contribution is -0.126. The SMILES string of the molecule is COCC(O)CNC(=O)C1CNCC1C. The Morgan fingerprint density at radius 3 is 2.93 bits per heavy atom. The molecule has 1 rings (SSSR count). The maximum atomic E-state index is 11.7. The molecule has 1 fully saturated rings. The Hall–Kier alpha value is -0.650. The lowest BCUT2D eigenvalue weighted by Gasteiger charge is -2.16. The van der Waals surface area contributed by atoms with Crippen LogP contribution in [0.25, 0.3) is 0 Å². The summed E-state index contributed by atoms with van der Waals surface area (Å²) >= 11 is 0. The van der Waals surface area contributed by atoms with Crippen molar-refractivity contribution in [3.8, 4) is 0 Å². The molecule has 0 aromatic heterocycles. The summed E-state index contributed by atoms with van der Waals surface area (Å²) in [4.78, 5) is 11.7. The summed E-state index contributed by atoms with van der Waals surface area (Å²) in [5.74, 6) is 0.409. The van der Waals surface area contributed by atoms with E-state index < -0.39 is 6.10 Å². The first-order valence-electron chi connectivity index (χ1n) is 5.30. The van der Waals surface area contributed by atoms with E-state index >= 15 is 0 Å². The lowest BCUT2D eigenvalue weighted by Crippen LogP contribution is -2.39. The van der Waals surface area contributed by atoms with Gasteiger partial charge in [-0.25, -0.2) is 0 Å². The lowest BCUT2D eigenvalue weighted by atomic mass is 9.97. The standard InChI is InChI=1S/C10H20N2O3/c1-7-3-11-5-9(7)10(14)12-4-8(13)6-15-2/h7-9,11,13H,3-6H2,1-2H3,(H,12,14). The van der Waals surface area contributed by atoms with Crippen LogP contribution in [-0.2, 0) is 9.53 Å². The van der Waals surface area contributed by atoms with Gasteiger partial charge >= 0.3 is 0 Å². The molecule has 5 nitrogen and oxygen atoms in total. The predicted molar refractivity (Wildman–Crippen MR) is 56.4 cm³/mol. The predicted octanol–water partition coefficient (Wildman–Crippen LogP) is -1.03. The topological polar surface area (TPSA) is 70.6 Å². The van der Waals surface area contributed by atoms with E-state index in [4.69, 9.17) is 4.74 Å². The molecule has 0 bridgehead atoms. The molecule has 1 aliphatic heterocycles. The maximum absolute atomic E-state index is 11.7. The number of aliphatic hydroxyl groups is 1. The molecular weight excluding hydrogens is 196 g/mol. The Morgan fingerprint density at radius 2 is 2.40 bits per heavy atom. The van der Waals surface area contributed by atoms with Crippen LogP contribution in [0.1, 0.15) is 6.92 Å². The number of rotatable bonds is 5. The van der Waals surface area contributed by atoms with Crippen molar-refractivity contribution in [1.82, 2.24) is 10.6 Å². The van der Waals surface area contributed by atoms with E-state index in [0.29, 0.717) is 5.92 Å². The first kappa shape index (κ1) is 12.4. The molecule has 0 radical (unpaired) electrons. The van der Waals surface area contributed by atoms with Crippen LogP contribution in [0.3, 0.4) is 0 Å². The fraction of sp³-hybridized carbons (Fsp3) is 0.900. The second kappa shape index (κ2) is 6.05. The number of hydrogen-bond donors (Lipinski definition) is 3. The second-order valence-electron chi connectivity index (χ2n) is 4.10. The Labute approximate surface area is 90.2 Å². The Balaban J connectivity index is 2.23. The highest BCUT2D eigenvalue weighted by molar-refractivity contribution is 5.79. The van der Waals surface area contributed by atoms with Crippen molar-refractivity contribution in [3.05, 3.63) is 0 Å². The van der Waals surface area contributed by atoms with Crippen molar-refractivity contribution in [2.45, 2.75) is 13.0 Å². The number of ether oxygens (including phenoxy) is 1. The summed E-state index contributed by atoms with van der Waals surface area (Å²) in [6, 6.07) is 0. The van der Waals surface area contributed by atoms with E-state index in [1.807, 2.05) is 0 Å². The molecule has 88 valence electrons. The van der Waals surface area contributed by atoms with Crippen molar-refractivity contribution in [3.63, 3.8) is 0 Å². The maximum Gasteiger partial charge on any atom is 0.224 e. The smallest absolute Gasteiger partial charge is 0.224 e. The average molecular weight is 216 g/mol. The average Bonchev–Trinajstić information content (AvgIpc) is 2.61. The van der Waals surface area contributed by atoms with Crippen LogP contribution in [-0.4, -0.2) is 50.5 Å². The minimum absolute atomic E-state index is 0.0163. The summed E-state index contributed by atoms with van der Waals surface area (Å²) in [7, 11) is 1.52. The Bertz CT molecular complexity index is 211. The number of aliphatic hydroxyl groups excluding tert-OH is 1. The van der Waals surface area contributed by atoms with Crippen LogP contribution in [0.2, 0.25) is 0 Å². The summed E-state index contributed by atoms with van der Waals surface area (Å²) < 4.78 is 4.77. The van der Waals surface area contributed by atoms with E-state index in [9.17, 15) is 9.90 Å². The van der Waals surface area contributed by atoms with E-state index in [0.717, 1.165) is 13.1 Å². The molecule has 0 aromatic rings. The molecule has 5 heteroatoms. The van der Waals surface area contributed by atoms with Gasteiger partial charge < -0.3 is 20.5 Å². The largest absolute Gasteiger partial charge is 0.389 e. The van der Waals surface area contributed by atoms with Gasteiger partial charge in [0.1, 0.15) is 0 Å². The number of carbonyl (C=O) groups excluding carboxylic acids is 1. The molecule has 0 spiro atoms. The molecule has 1 saturated heterocycles. The number of hydrogen-bond acceptors (Lipinski definition) is 4. The van der Waals surface area contributed by atoms with Crippen LogP contribution in [0.4, 0.5) is 0 Å². The zero-order valence-corrected chi connectivity index (χ0v) is 9.32. The number of methoxy groups -OCH3 is 1. The van der Waals surface area contributed by atoms with E-state index in [2.05, 4.69) is 17.6 Å². The van der Waals surface area contributed by atoms with Crippen LogP contribution in [0.15, 0.2) is 0 Å². The minimum atomic E-state index is -0.622. The van der Waals surface area contributed by atoms with Gasteiger partial charge in [-0.1, -0.05) is 6.92 Å². The molecule has 1 aliphatic rings. The van der Waals surface area contributed by atoms with Gasteiger partial charge in [0.25, 0.3) is 0 Å². The monoisotopic (exact) mass is 216 g/mol. The second-order valence-corrected chi connectivity index (χ2v) is 4.10. The molecule has 0 aromatic carbocycles. The third-order valence-electron chi connectivity index (χ3n) is 2.73. The van der Waals surface area contributed by atoms with Crippen LogP contribution in [0, 0.1) is 11.8 Å². The molecule has 15 heavy (non-hydrogen) atoms. The van der Waals surface area contributed by atoms with Crippen LogP contribution < -0.4 is 10.6 Å². The number of amides is 1. The highest BCUT2D eigenvalue weighted by Crippen LogP contribution is 2.15. The van der Waals surface area contributed by atoms with Crippen molar-refractivity contribution in [2.75, 3.05) is 33.4 Å². The quantitative estimate of drug-likeness (QED) is 0.549. The van der Waals surface area contributed by atoms with Gasteiger partial charge in [-0.3, -0.25) is 4.79 Å². The summed E-state index contributed by atoms with van der Waals surface area (Å²) in [6.07, 6.45) is -0.622. The normalized spacial score (nSPS) is 27.7. The van der Waals surface area contributed by atoms with Gasteiger partial charge in [-0.05, 0) is 12.5 Å². The van der Waals surface area contributed by atoms with Crippen molar-refractivity contribution in [2.24, 2.45) is 11.8 Å². The molecule has 3 unspecified atom stereocenters. The molecule has 0 saturated carbocycles. The molecular formula is C10H20N2O3. The number of nitrogens with one attached hydrogen (secondary N) is 2. The first-order valence-corrected chi connectivity index (χ1v) is 5.30. The summed E-state index contributed by atoms with van der Waals surface area (Å²) in [5, 5.41) is 15.2. The Kier molecular flexibility index (Phi) is 5.01. The van der Waals surface area contributed by atoms with Crippen molar-refractivity contribution < 1.29 is 14.6 Å². The van der Waals surface area contributed by atoms with Crippen LogP contribution >= 0.6 is 0 Å². The molecule has 0 aliphatic carbocycles. The van der Waals surface area contributed by atoms with Gasteiger partial charge in [0, 0.05) is 20.2 Å². The van der Waals surface area contributed by atoms with E-state index in [1.165, 1.54) is 7.11 Å². The van der Waals surface area contributed by atoms with Gasteiger partial charge in [-0.15, -0.1) is 0 Å². The van der Waals surface area contributed by atoms with Gasteiger partial charge in [0.05, 0.1) is 18.6 Å². The van der Waals surface area contributed by atoms with E-state index in [1.54, 1.807) is 0 Å².